The van der Waals surface area contributed by atoms with Gasteiger partial charge in [0.05, 0.1) is 49.3 Å². The Hall–Kier alpha value is -4.91. The summed E-state index contributed by atoms with van der Waals surface area (Å²) in [4.78, 5) is 22.8. The molecule has 4 aromatic carbocycles. The van der Waals surface area contributed by atoms with Crippen LogP contribution in [0.1, 0.15) is 10.4 Å². The van der Waals surface area contributed by atoms with Crippen molar-refractivity contribution in [3.63, 3.8) is 0 Å². The van der Waals surface area contributed by atoms with Crippen molar-refractivity contribution < 1.29 is 23.7 Å². The lowest BCUT2D eigenvalue weighted by Crippen LogP contribution is -2.10. The molecule has 184 valence electrons. The van der Waals surface area contributed by atoms with Gasteiger partial charge in [-0.3, -0.25) is 0 Å². The first-order valence-corrected chi connectivity index (χ1v) is 11.6. The van der Waals surface area contributed by atoms with Gasteiger partial charge >= 0.3 is 5.97 Å². The molecule has 0 aliphatic rings. The fourth-order valence-electron chi connectivity index (χ4n) is 4.06. The van der Waals surface area contributed by atoms with E-state index in [2.05, 4.69) is 0 Å². The van der Waals surface area contributed by atoms with Crippen molar-refractivity contribution in [2.24, 2.45) is 0 Å². The number of methoxy groups -OCH3 is 3. The van der Waals surface area contributed by atoms with Crippen molar-refractivity contribution in [3.8, 4) is 45.5 Å². The monoisotopic (exact) mass is 492 g/mol. The lowest BCUT2D eigenvalue weighted by atomic mass is 10.0. The Morgan fingerprint density at radius 2 is 1.16 bits per heavy atom. The van der Waals surface area contributed by atoms with Gasteiger partial charge in [0, 0.05) is 17.2 Å². The number of aromatic nitrogens is 2. The van der Waals surface area contributed by atoms with Crippen LogP contribution in [0.3, 0.4) is 0 Å². The van der Waals surface area contributed by atoms with Crippen molar-refractivity contribution in [1.29, 1.82) is 0 Å². The number of hydrogen-bond donors (Lipinski definition) is 0. The molecule has 0 fully saturated rings. The van der Waals surface area contributed by atoms with Gasteiger partial charge in [0.25, 0.3) is 0 Å². The van der Waals surface area contributed by atoms with Gasteiger partial charge in [-0.2, -0.15) is 0 Å². The molecule has 5 rings (SSSR count). The number of ether oxygens (including phenoxy) is 4. The van der Waals surface area contributed by atoms with Gasteiger partial charge in [-0.05, 0) is 24.3 Å². The SMILES string of the molecule is COc1cc(C(=O)Oc2ccc3nc(-c4ccccc4)c(-c4ccccc4)nc3c2)cc(OC)c1OC. The van der Waals surface area contributed by atoms with E-state index in [9.17, 15) is 4.79 Å². The smallest absolute Gasteiger partial charge is 0.343 e. The zero-order valence-electron chi connectivity index (χ0n) is 20.6. The lowest BCUT2D eigenvalue weighted by Gasteiger charge is -2.14. The van der Waals surface area contributed by atoms with E-state index >= 15 is 0 Å². The van der Waals surface area contributed by atoms with Crippen LogP contribution in [0.2, 0.25) is 0 Å². The summed E-state index contributed by atoms with van der Waals surface area (Å²) in [7, 11) is 4.48. The van der Waals surface area contributed by atoms with Crippen LogP contribution in [0.5, 0.6) is 23.0 Å². The third-order valence-corrected chi connectivity index (χ3v) is 5.84. The Morgan fingerprint density at radius 1 is 0.622 bits per heavy atom. The summed E-state index contributed by atoms with van der Waals surface area (Å²) in [5.41, 5.74) is 4.98. The van der Waals surface area contributed by atoms with E-state index in [4.69, 9.17) is 28.9 Å². The molecule has 0 saturated heterocycles. The van der Waals surface area contributed by atoms with E-state index in [0.717, 1.165) is 22.5 Å². The molecule has 5 aromatic rings. The molecule has 0 atom stereocenters. The Morgan fingerprint density at radius 3 is 1.68 bits per heavy atom. The van der Waals surface area contributed by atoms with Crippen LogP contribution < -0.4 is 18.9 Å². The highest BCUT2D eigenvalue weighted by molar-refractivity contribution is 5.93. The van der Waals surface area contributed by atoms with Crippen molar-refractivity contribution >= 4 is 17.0 Å². The standard InChI is InChI=1S/C30H24N2O5/c1-34-25-16-21(17-26(35-2)29(25)36-3)30(33)37-22-14-15-23-24(18-22)32-28(20-12-8-5-9-13-20)27(31-23)19-10-6-4-7-11-19/h4-18H,1-3H3. The molecule has 0 bridgehead atoms. The van der Waals surface area contributed by atoms with Gasteiger partial charge in [0.1, 0.15) is 5.75 Å². The normalized spacial score (nSPS) is 10.7. The van der Waals surface area contributed by atoms with E-state index in [1.54, 1.807) is 30.3 Å². The summed E-state index contributed by atoms with van der Waals surface area (Å²) in [5.74, 6) is 0.881. The minimum absolute atomic E-state index is 0.255. The van der Waals surface area contributed by atoms with Crippen LogP contribution >= 0.6 is 0 Å². The number of benzene rings is 4. The predicted octanol–water partition coefficient (Wildman–Crippen LogP) is 6.21. The molecule has 37 heavy (non-hydrogen) atoms. The molecule has 7 heteroatoms. The largest absolute Gasteiger partial charge is 0.493 e. The fourth-order valence-corrected chi connectivity index (χ4v) is 4.06. The topological polar surface area (TPSA) is 79.8 Å². The first-order chi connectivity index (χ1) is 18.1. The highest BCUT2D eigenvalue weighted by Gasteiger charge is 2.19. The molecule has 0 unspecified atom stereocenters. The summed E-state index contributed by atoms with van der Waals surface area (Å²) in [6.45, 7) is 0. The molecule has 0 N–H and O–H groups in total. The minimum atomic E-state index is -0.573. The molecule has 0 amide bonds. The first-order valence-electron chi connectivity index (χ1n) is 11.6. The lowest BCUT2D eigenvalue weighted by molar-refractivity contribution is 0.0734. The molecular formula is C30H24N2O5. The first kappa shape index (κ1) is 23.8. The summed E-state index contributed by atoms with van der Waals surface area (Å²) in [6, 6.07) is 28.1. The number of rotatable bonds is 7. The molecule has 0 saturated carbocycles. The number of fused-ring (bicyclic) bond motifs is 1. The third kappa shape index (κ3) is 4.79. The van der Waals surface area contributed by atoms with E-state index < -0.39 is 5.97 Å². The highest BCUT2D eigenvalue weighted by atomic mass is 16.5. The third-order valence-electron chi connectivity index (χ3n) is 5.84. The average molecular weight is 493 g/mol. The Balaban J connectivity index is 1.54. The summed E-state index contributed by atoms with van der Waals surface area (Å²) < 4.78 is 21.7. The predicted molar refractivity (Wildman–Crippen MR) is 141 cm³/mol. The van der Waals surface area contributed by atoms with Crippen LogP contribution in [0.4, 0.5) is 0 Å². The van der Waals surface area contributed by atoms with Crippen molar-refractivity contribution in [2.45, 2.75) is 0 Å². The quantitative estimate of drug-likeness (QED) is 0.197. The number of nitrogens with zero attached hydrogens (tertiary/aromatic N) is 2. The van der Waals surface area contributed by atoms with Crippen LogP contribution in [0.25, 0.3) is 33.5 Å². The maximum absolute atomic E-state index is 13.0. The van der Waals surface area contributed by atoms with Crippen molar-refractivity contribution in [2.75, 3.05) is 21.3 Å². The summed E-state index contributed by atoms with van der Waals surface area (Å²) in [5, 5.41) is 0. The zero-order chi connectivity index (χ0) is 25.8. The average Bonchev–Trinajstić information content (AvgIpc) is 2.96. The van der Waals surface area contributed by atoms with E-state index in [1.165, 1.54) is 21.3 Å². The van der Waals surface area contributed by atoms with Gasteiger partial charge in [0.2, 0.25) is 5.75 Å². The van der Waals surface area contributed by atoms with E-state index in [-0.39, 0.29) is 5.56 Å². The number of hydrogen-bond acceptors (Lipinski definition) is 7. The molecule has 0 aliphatic carbocycles. The molecule has 0 spiro atoms. The van der Waals surface area contributed by atoms with Gasteiger partial charge in [-0.1, -0.05) is 60.7 Å². The molecule has 0 aliphatic heterocycles. The minimum Gasteiger partial charge on any atom is -0.493 e. The zero-order valence-corrected chi connectivity index (χ0v) is 20.6. The number of esters is 1. The van der Waals surface area contributed by atoms with Gasteiger partial charge in [-0.25, -0.2) is 14.8 Å². The molecule has 1 aromatic heterocycles. The van der Waals surface area contributed by atoms with E-state index in [0.29, 0.717) is 34.0 Å². The molecule has 0 radical (unpaired) electrons. The molecule has 7 nitrogen and oxygen atoms in total. The summed E-state index contributed by atoms with van der Waals surface area (Å²) in [6.07, 6.45) is 0. The second kappa shape index (κ2) is 10.4. The van der Waals surface area contributed by atoms with Gasteiger partial charge in [0.15, 0.2) is 11.5 Å². The van der Waals surface area contributed by atoms with Crippen LogP contribution in [0.15, 0.2) is 91.0 Å². The number of carbonyl (C=O) groups excluding carboxylic acids is 1. The summed E-state index contributed by atoms with van der Waals surface area (Å²) >= 11 is 0. The fraction of sp³-hybridized carbons (Fsp3) is 0.100. The van der Waals surface area contributed by atoms with Crippen LogP contribution in [-0.2, 0) is 0 Å². The Bertz CT molecular complexity index is 1550. The molecular weight excluding hydrogens is 468 g/mol. The van der Waals surface area contributed by atoms with Crippen LogP contribution in [-0.4, -0.2) is 37.3 Å². The van der Waals surface area contributed by atoms with E-state index in [1.807, 2.05) is 60.7 Å². The Kier molecular flexibility index (Phi) is 6.68. The number of carbonyl (C=O) groups is 1. The van der Waals surface area contributed by atoms with Gasteiger partial charge in [-0.15, -0.1) is 0 Å². The van der Waals surface area contributed by atoms with Crippen molar-refractivity contribution in [1.82, 2.24) is 9.97 Å². The second-order valence-electron chi connectivity index (χ2n) is 8.11. The second-order valence-corrected chi connectivity index (χ2v) is 8.11. The molecule has 1 heterocycles. The van der Waals surface area contributed by atoms with Crippen LogP contribution in [0, 0.1) is 0 Å². The highest BCUT2D eigenvalue weighted by Crippen LogP contribution is 2.38. The van der Waals surface area contributed by atoms with Gasteiger partial charge < -0.3 is 18.9 Å². The van der Waals surface area contributed by atoms with Crippen molar-refractivity contribution in [3.05, 3.63) is 96.6 Å². The maximum Gasteiger partial charge on any atom is 0.343 e. The maximum atomic E-state index is 13.0. The Labute approximate surface area is 214 Å².